The number of halogens is 1. The molecule has 1 amide bonds. The van der Waals surface area contributed by atoms with Crippen molar-refractivity contribution in [3.05, 3.63) is 33.4 Å². The highest BCUT2D eigenvalue weighted by Gasteiger charge is 2.15. The van der Waals surface area contributed by atoms with Gasteiger partial charge in [0.05, 0.1) is 11.0 Å². The topological polar surface area (TPSA) is 55.1 Å². The molecule has 0 aliphatic heterocycles. The van der Waals surface area contributed by atoms with E-state index in [-0.39, 0.29) is 11.9 Å². The standard InChI is InChI=1S/C12H15IN2OS/c1-2-4-10(11(14)17)15-12(16)8-5-3-6-9(13)7-8/h3,5-7,10H,2,4H2,1H3,(H2,14,17)(H,15,16). The summed E-state index contributed by atoms with van der Waals surface area (Å²) in [5, 5.41) is 2.85. The fraction of sp³-hybridized carbons (Fsp3) is 0.333. The Bertz CT molecular complexity index is 423. The van der Waals surface area contributed by atoms with Gasteiger partial charge in [0.1, 0.15) is 0 Å². The van der Waals surface area contributed by atoms with E-state index >= 15 is 0 Å². The number of carbonyl (C=O) groups excluding carboxylic acids is 1. The van der Waals surface area contributed by atoms with Gasteiger partial charge in [-0.1, -0.05) is 31.6 Å². The monoisotopic (exact) mass is 362 g/mol. The van der Waals surface area contributed by atoms with Crippen LogP contribution in [0, 0.1) is 3.57 Å². The maximum atomic E-state index is 12.0. The lowest BCUT2D eigenvalue weighted by molar-refractivity contribution is 0.0945. The third-order valence-electron chi connectivity index (χ3n) is 2.31. The molecule has 1 atom stereocenters. The molecule has 0 radical (unpaired) electrons. The van der Waals surface area contributed by atoms with Gasteiger partial charge in [-0.3, -0.25) is 4.79 Å². The van der Waals surface area contributed by atoms with Crippen LogP contribution in [-0.2, 0) is 0 Å². The van der Waals surface area contributed by atoms with E-state index in [1.165, 1.54) is 0 Å². The van der Waals surface area contributed by atoms with E-state index in [2.05, 4.69) is 27.9 Å². The van der Waals surface area contributed by atoms with Crippen LogP contribution in [0.25, 0.3) is 0 Å². The zero-order chi connectivity index (χ0) is 12.8. The molecule has 0 aliphatic rings. The molecule has 0 aliphatic carbocycles. The summed E-state index contributed by atoms with van der Waals surface area (Å²) in [5.41, 5.74) is 6.23. The van der Waals surface area contributed by atoms with Crippen molar-refractivity contribution < 1.29 is 4.79 Å². The van der Waals surface area contributed by atoms with Crippen LogP contribution in [0.3, 0.4) is 0 Å². The van der Waals surface area contributed by atoms with E-state index in [9.17, 15) is 4.79 Å². The minimum absolute atomic E-state index is 0.130. The third-order valence-corrected chi connectivity index (χ3v) is 3.27. The van der Waals surface area contributed by atoms with Gasteiger partial charge >= 0.3 is 0 Å². The number of benzene rings is 1. The number of hydrogen-bond acceptors (Lipinski definition) is 2. The number of thiocarbonyl (C=S) groups is 1. The summed E-state index contributed by atoms with van der Waals surface area (Å²) < 4.78 is 1.03. The van der Waals surface area contributed by atoms with Crippen LogP contribution >= 0.6 is 34.8 Å². The van der Waals surface area contributed by atoms with Gasteiger partial charge in [0.25, 0.3) is 5.91 Å². The quantitative estimate of drug-likeness (QED) is 0.625. The Balaban J connectivity index is 2.73. The first-order valence-corrected chi connectivity index (χ1v) is 6.89. The summed E-state index contributed by atoms with van der Waals surface area (Å²) in [6, 6.07) is 7.18. The molecule has 0 bridgehead atoms. The molecule has 3 nitrogen and oxygen atoms in total. The number of amides is 1. The van der Waals surface area contributed by atoms with Crippen LogP contribution in [0.15, 0.2) is 24.3 Å². The van der Waals surface area contributed by atoms with Crippen LogP contribution in [0.4, 0.5) is 0 Å². The van der Waals surface area contributed by atoms with Crippen LogP contribution in [0.5, 0.6) is 0 Å². The van der Waals surface area contributed by atoms with Crippen molar-refractivity contribution in [1.29, 1.82) is 0 Å². The van der Waals surface area contributed by atoms with Gasteiger partial charge in [0.15, 0.2) is 0 Å². The van der Waals surface area contributed by atoms with Crippen LogP contribution in [0.1, 0.15) is 30.1 Å². The molecule has 1 aromatic rings. The Kier molecular flexibility index (Phi) is 5.84. The Morgan fingerprint density at radius 3 is 2.82 bits per heavy atom. The van der Waals surface area contributed by atoms with Crippen LogP contribution in [0.2, 0.25) is 0 Å². The lowest BCUT2D eigenvalue weighted by Gasteiger charge is -2.16. The van der Waals surface area contributed by atoms with Crippen molar-refractivity contribution in [1.82, 2.24) is 5.32 Å². The molecule has 92 valence electrons. The van der Waals surface area contributed by atoms with Crippen molar-refractivity contribution in [2.75, 3.05) is 0 Å². The molecule has 17 heavy (non-hydrogen) atoms. The van der Waals surface area contributed by atoms with Crippen molar-refractivity contribution in [2.24, 2.45) is 5.73 Å². The first-order valence-electron chi connectivity index (χ1n) is 5.40. The van der Waals surface area contributed by atoms with Gasteiger partial charge < -0.3 is 11.1 Å². The summed E-state index contributed by atoms with van der Waals surface area (Å²) >= 11 is 7.11. The van der Waals surface area contributed by atoms with Gasteiger partial charge in [-0.25, -0.2) is 0 Å². The lowest BCUT2D eigenvalue weighted by Crippen LogP contribution is -2.43. The second-order valence-electron chi connectivity index (χ2n) is 3.73. The highest BCUT2D eigenvalue weighted by Crippen LogP contribution is 2.08. The second-order valence-corrected chi connectivity index (χ2v) is 5.44. The van der Waals surface area contributed by atoms with Crippen molar-refractivity contribution in [2.45, 2.75) is 25.8 Å². The maximum Gasteiger partial charge on any atom is 0.251 e. The second kappa shape index (κ2) is 6.90. The molecule has 0 heterocycles. The molecule has 5 heteroatoms. The first kappa shape index (κ1) is 14.4. The molecular formula is C12H15IN2OS. The lowest BCUT2D eigenvalue weighted by atomic mass is 10.1. The highest BCUT2D eigenvalue weighted by molar-refractivity contribution is 14.1. The zero-order valence-electron chi connectivity index (χ0n) is 9.57. The highest BCUT2D eigenvalue weighted by atomic mass is 127. The molecule has 1 rings (SSSR count). The van der Waals surface area contributed by atoms with Gasteiger partial charge in [-0.05, 0) is 47.2 Å². The van der Waals surface area contributed by atoms with Crippen LogP contribution < -0.4 is 11.1 Å². The number of nitrogens with two attached hydrogens (primary N) is 1. The third kappa shape index (κ3) is 4.59. The zero-order valence-corrected chi connectivity index (χ0v) is 12.5. The van der Waals surface area contributed by atoms with E-state index in [1.54, 1.807) is 6.07 Å². The average Bonchev–Trinajstić information content (AvgIpc) is 2.28. The Morgan fingerprint density at radius 1 is 1.59 bits per heavy atom. The average molecular weight is 362 g/mol. The van der Waals surface area contributed by atoms with Crippen molar-refractivity contribution in [3.8, 4) is 0 Å². The van der Waals surface area contributed by atoms with Gasteiger partial charge in [0.2, 0.25) is 0 Å². The predicted molar refractivity (Wildman–Crippen MR) is 82.1 cm³/mol. The Hall–Kier alpha value is -0.690. The number of hydrogen-bond donors (Lipinski definition) is 2. The first-order chi connectivity index (χ1) is 8.04. The van der Waals surface area contributed by atoms with Gasteiger partial charge in [-0.15, -0.1) is 0 Å². The van der Waals surface area contributed by atoms with Crippen LogP contribution in [-0.4, -0.2) is 16.9 Å². The minimum atomic E-state index is -0.222. The largest absolute Gasteiger partial charge is 0.392 e. The molecular weight excluding hydrogens is 347 g/mol. The van der Waals surface area contributed by atoms with Crippen molar-refractivity contribution >= 4 is 45.7 Å². The molecule has 0 saturated heterocycles. The molecule has 1 unspecified atom stereocenters. The normalized spacial score (nSPS) is 11.9. The fourth-order valence-corrected chi connectivity index (χ4v) is 2.17. The van der Waals surface area contributed by atoms with E-state index in [4.69, 9.17) is 18.0 Å². The smallest absolute Gasteiger partial charge is 0.251 e. The number of rotatable bonds is 5. The SMILES string of the molecule is CCCC(NC(=O)c1cccc(I)c1)C(N)=S. The summed E-state index contributed by atoms with van der Waals surface area (Å²) in [4.78, 5) is 12.3. The van der Waals surface area contributed by atoms with Gasteiger partial charge in [-0.2, -0.15) is 0 Å². The van der Waals surface area contributed by atoms with Crippen molar-refractivity contribution in [3.63, 3.8) is 0 Å². The van der Waals surface area contributed by atoms with E-state index in [0.717, 1.165) is 16.4 Å². The van der Waals surface area contributed by atoms with Gasteiger partial charge in [0, 0.05) is 9.13 Å². The molecule has 0 saturated carbocycles. The summed E-state index contributed by atoms with van der Waals surface area (Å²) in [6.07, 6.45) is 1.69. The van der Waals surface area contributed by atoms with E-state index < -0.39 is 0 Å². The number of nitrogens with one attached hydrogen (secondary N) is 1. The maximum absolute atomic E-state index is 12.0. The minimum Gasteiger partial charge on any atom is -0.392 e. The van der Waals surface area contributed by atoms with E-state index in [0.29, 0.717) is 10.6 Å². The summed E-state index contributed by atoms with van der Waals surface area (Å²) in [5.74, 6) is -0.130. The Morgan fingerprint density at radius 2 is 2.29 bits per heavy atom. The fourth-order valence-electron chi connectivity index (χ4n) is 1.45. The predicted octanol–water partition coefficient (Wildman–Crippen LogP) is 2.48. The summed E-state index contributed by atoms with van der Waals surface area (Å²) in [6.45, 7) is 2.03. The Labute approximate surface area is 120 Å². The molecule has 0 spiro atoms. The van der Waals surface area contributed by atoms with E-state index in [1.807, 2.05) is 25.1 Å². The molecule has 1 aromatic carbocycles. The molecule has 0 fully saturated rings. The summed E-state index contributed by atoms with van der Waals surface area (Å²) in [7, 11) is 0. The number of carbonyl (C=O) groups is 1. The molecule has 3 N–H and O–H groups in total. The molecule has 0 aromatic heterocycles.